The number of halogens is 2. The highest BCUT2D eigenvalue weighted by atomic mass is 32.2. The van der Waals surface area contributed by atoms with Crippen LogP contribution in [0.5, 0.6) is 0 Å². The van der Waals surface area contributed by atoms with Gasteiger partial charge in [0.05, 0.1) is 11.5 Å². The van der Waals surface area contributed by atoms with E-state index in [0.29, 0.717) is 6.54 Å². The quantitative estimate of drug-likeness (QED) is 0.638. The summed E-state index contributed by atoms with van der Waals surface area (Å²) in [6, 6.07) is 6.47. The van der Waals surface area contributed by atoms with Gasteiger partial charge in [-0.3, -0.25) is 0 Å². The van der Waals surface area contributed by atoms with E-state index >= 15 is 0 Å². The Morgan fingerprint density at radius 1 is 1.24 bits per heavy atom. The van der Waals surface area contributed by atoms with E-state index in [0.717, 1.165) is 12.1 Å². The SMILES string of the molecule is CCNCc1ccc(S(=O)(=O)NCCOCC(F)F)cc1. The molecule has 0 aliphatic rings. The van der Waals surface area contributed by atoms with E-state index in [9.17, 15) is 17.2 Å². The number of rotatable bonds is 10. The highest BCUT2D eigenvalue weighted by Crippen LogP contribution is 2.10. The number of ether oxygens (including phenoxy) is 1. The summed E-state index contributed by atoms with van der Waals surface area (Å²) in [7, 11) is -3.64. The lowest BCUT2D eigenvalue weighted by molar-refractivity contribution is 0.0199. The van der Waals surface area contributed by atoms with Crippen LogP contribution >= 0.6 is 0 Å². The summed E-state index contributed by atoms with van der Waals surface area (Å²) < 4.78 is 54.4. The van der Waals surface area contributed by atoms with Crippen LogP contribution in [0.25, 0.3) is 0 Å². The van der Waals surface area contributed by atoms with E-state index in [2.05, 4.69) is 14.8 Å². The van der Waals surface area contributed by atoms with Crippen molar-refractivity contribution in [2.24, 2.45) is 0 Å². The van der Waals surface area contributed by atoms with Gasteiger partial charge in [-0.15, -0.1) is 0 Å². The molecule has 120 valence electrons. The van der Waals surface area contributed by atoms with Crippen LogP contribution in [0.3, 0.4) is 0 Å². The van der Waals surface area contributed by atoms with E-state index in [4.69, 9.17) is 0 Å². The Balaban J connectivity index is 2.46. The molecule has 1 aromatic carbocycles. The molecule has 0 aliphatic heterocycles. The average molecular weight is 322 g/mol. The second-order valence-corrected chi connectivity index (χ2v) is 6.06. The van der Waals surface area contributed by atoms with Gasteiger partial charge in [-0.05, 0) is 24.2 Å². The first-order valence-corrected chi connectivity index (χ1v) is 8.09. The number of benzene rings is 1. The molecule has 0 saturated heterocycles. The number of nitrogens with one attached hydrogen (secondary N) is 2. The lowest BCUT2D eigenvalue weighted by atomic mass is 10.2. The fourth-order valence-corrected chi connectivity index (χ4v) is 2.57. The number of hydrogen-bond acceptors (Lipinski definition) is 4. The Kier molecular flexibility index (Phi) is 7.73. The molecular weight excluding hydrogens is 302 g/mol. The van der Waals surface area contributed by atoms with Crippen LogP contribution in [0.1, 0.15) is 12.5 Å². The third kappa shape index (κ3) is 6.94. The maximum Gasteiger partial charge on any atom is 0.261 e. The summed E-state index contributed by atoms with van der Waals surface area (Å²) in [6.45, 7) is 2.65. The summed E-state index contributed by atoms with van der Waals surface area (Å²) in [5.41, 5.74) is 0.982. The van der Waals surface area contributed by atoms with Crippen molar-refractivity contribution in [1.82, 2.24) is 10.0 Å². The van der Waals surface area contributed by atoms with E-state index in [1.165, 1.54) is 12.1 Å². The highest BCUT2D eigenvalue weighted by molar-refractivity contribution is 7.89. The maximum absolute atomic E-state index is 11.9. The monoisotopic (exact) mass is 322 g/mol. The van der Waals surface area contributed by atoms with Gasteiger partial charge in [0, 0.05) is 13.1 Å². The molecule has 0 radical (unpaired) electrons. The molecule has 8 heteroatoms. The summed E-state index contributed by atoms with van der Waals surface area (Å²) in [6.07, 6.45) is -2.55. The van der Waals surface area contributed by atoms with Gasteiger partial charge in [0.15, 0.2) is 0 Å². The van der Waals surface area contributed by atoms with Crippen molar-refractivity contribution < 1.29 is 21.9 Å². The third-order valence-corrected chi connectivity index (χ3v) is 4.07. The van der Waals surface area contributed by atoms with Gasteiger partial charge in [0.2, 0.25) is 10.0 Å². The maximum atomic E-state index is 11.9. The fraction of sp³-hybridized carbons (Fsp3) is 0.538. The normalized spacial score (nSPS) is 12.0. The molecule has 0 unspecified atom stereocenters. The molecule has 5 nitrogen and oxygen atoms in total. The third-order valence-electron chi connectivity index (χ3n) is 2.60. The number of hydrogen-bond donors (Lipinski definition) is 2. The lowest BCUT2D eigenvalue weighted by Crippen LogP contribution is -2.28. The fourth-order valence-electron chi connectivity index (χ4n) is 1.56. The Morgan fingerprint density at radius 3 is 2.48 bits per heavy atom. The molecule has 2 N–H and O–H groups in total. The predicted octanol–water partition coefficient (Wildman–Crippen LogP) is 1.36. The first kappa shape index (κ1) is 18.0. The molecule has 0 spiro atoms. The minimum absolute atomic E-state index is 0.0474. The van der Waals surface area contributed by atoms with Crippen molar-refractivity contribution in [3.05, 3.63) is 29.8 Å². The van der Waals surface area contributed by atoms with Gasteiger partial charge in [-0.2, -0.15) is 0 Å². The van der Waals surface area contributed by atoms with Crippen LogP contribution in [-0.2, 0) is 21.3 Å². The minimum atomic E-state index is -3.64. The Hall–Kier alpha value is -1.09. The average Bonchev–Trinajstić information content (AvgIpc) is 2.44. The molecule has 1 rings (SSSR count). The van der Waals surface area contributed by atoms with Gasteiger partial charge >= 0.3 is 0 Å². The van der Waals surface area contributed by atoms with Crippen LogP contribution in [0.2, 0.25) is 0 Å². The van der Waals surface area contributed by atoms with Crippen LogP contribution in [-0.4, -0.2) is 41.1 Å². The molecule has 0 fully saturated rings. The van der Waals surface area contributed by atoms with Crippen LogP contribution in [0, 0.1) is 0 Å². The Morgan fingerprint density at radius 2 is 1.90 bits per heavy atom. The van der Waals surface area contributed by atoms with Crippen molar-refractivity contribution in [1.29, 1.82) is 0 Å². The van der Waals surface area contributed by atoms with Crippen molar-refractivity contribution in [2.75, 3.05) is 26.3 Å². The Labute approximate surface area is 123 Å². The van der Waals surface area contributed by atoms with Crippen LogP contribution in [0.15, 0.2) is 29.2 Å². The first-order valence-electron chi connectivity index (χ1n) is 6.61. The Bertz CT molecular complexity index is 507. The first-order chi connectivity index (χ1) is 9.95. The van der Waals surface area contributed by atoms with Crippen molar-refractivity contribution in [3.63, 3.8) is 0 Å². The molecule has 1 aromatic rings. The van der Waals surface area contributed by atoms with Crippen molar-refractivity contribution in [2.45, 2.75) is 24.8 Å². The topological polar surface area (TPSA) is 67.4 Å². The standard InChI is InChI=1S/C13H20F2N2O3S/c1-2-16-9-11-3-5-12(6-4-11)21(18,19)17-7-8-20-10-13(14)15/h3-6,13,16-17H,2,7-10H2,1H3. The van der Waals surface area contributed by atoms with Crippen LogP contribution in [0.4, 0.5) is 8.78 Å². The van der Waals surface area contributed by atoms with Gasteiger partial charge in [0.1, 0.15) is 6.61 Å². The number of alkyl halides is 2. The molecule has 0 heterocycles. The molecular formula is C13H20F2N2O3S. The molecule has 0 bridgehead atoms. The molecule has 0 amide bonds. The largest absolute Gasteiger partial charge is 0.374 e. The van der Waals surface area contributed by atoms with Gasteiger partial charge in [-0.1, -0.05) is 19.1 Å². The van der Waals surface area contributed by atoms with Crippen LogP contribution < -0.4 is 10.0 Å². The van der Waals surface area contributed by atoms with E-state index in [1.807, 2.05) is 6.92 Å². The summed E-state index contributed by atoms with van der Waals surface area (Å²) >= 11 is 0. The summed E-state index contributed by atoms with van der Waals surface area (Å²) in [5, 5.41) is 3.14. The zero-order valence-electron chi connectivity index (χ0n) is 11.8. The van der Waals surface area contributed by atoms with E-state index in [1.54, 1.807) is 12.1 Å². The summed E-state index contributed by atoms with van der Waals surface area (Å²) in [5.74, 6) is 0. The minimum Gasteiger partial charge on any atom is -0.374 e. The molecule has 0 aromatic heterocycles. The second kappa shape index (κ2) is 9.04. The van der Waals surface area contributed by atoms with E-state index in [-0.39, 0.29) is 18.0 Å². The molecule has 0 saturated carbocycles. The van der Waals surface area contributed by atoms with Gasteiger partial charge in [-0.25, -0.2) is 21.9 Å². The molecule has 0 aliphatic carbocycles. The highest BCUT2D eigenvalue weighted by Gasteiger charge is 2.13. The van der Waals surface area contributed by atoms with Crippen molar-refractivity contribution in [3.8, 4) is 0 Å². The lowest BCUT2D eigenvalue weighted by Gasteiger charge is -2.08. The van der Waals surface area contributed by atoms with Gasteiger partial charge in [0.25, 0.3) is 6.43 Å². The predicted molar refractivity (Wildman–Crippen MR) is 75.8 cm³/mol. The smallest absolute Gasteiger partial charge is 0.261 e. The summed E-state index contributed by atoms with van der Waals surface area (Å²) in [4.78, 5) is 0.136. The van der Waals surface area contributed by atoms with E-state index < -0.39 is 23.1 Å². The molecule has 0 atom stereocenters. The van der Waals surface area contributed by atoms with Gasteiger partial charge < -0.3 is 10.1 Å². The number of sulfonamides is 1. The zero-order valence-corrected chi connectivity index (χ0v) is 12.6. The molecule has 21 heavy (non-hydrogen) atoms. The second-order valence-electron chi connectivity index (χ2n) is 4.29. The zero-order chi connectivity index (χ0) is 15.7. The van der Waals surface area contributed by atoms with Crippen molar-refractivity contribution >= 4 is 10.0 Å².